The Bertz CT molecular complexity index is 917. The van der Waals surface area contributed by atoms with Crippen molar-refractivity contribution < 1.29 is 0 Å². The van der Waals surface area contributed by atoms with Gasteiger partial charge in [-0.15, -0.1) is 0 Å². The van der Waals surface area contributed by atoms with Gasteiger partial charge in [0.2, 0.25) is 0 Å². The highest BCUT2D eigenvalue weighted by atomic mass is 15.1. The molecular weight excluding hydrogens is 334 g/mol. The topological polar surface area (TPSA) is 101 Å². The standard InChI is InChI=1S/C22H23N5/c1-14(2)15-4-6-16(7-5-15)20-19-11-27(3)9-8-17(19)18(10-23)21(26)22(20,12-24)13-25/h4-8,14,19-20H,9,11,26H2,1-3H3/t19-,20?/m0/s1. The number of nitrogens with zero attached hydrogens (tertiary/aromatic N) is 4. The second-order valence-corrected chi connectivity index (χ2v) is 7.72. The van der Waals surface area contributed by atoms with Crippen molar-refractivity contribution in [3.05, 3.63) is 58.3 Å². The van der Waals surface area contributed by atoms with E-state index in [0.29, 0.717) is 18.0 Å². The highest BCUT2D eigenvalue weighted by Gasteiger charge is 2.54. The number of nitriles is 3. The number of benzene rings is 1. The molecule has 3 rings (SSSR count). The summed E-state index contributed by atoms with van der Waals surface area (Å²) in [6, 6.07) is 14.6. The highest BCUT2D eigenvalue weighted by Crippen LogP contribution is 2.54. The minimum absolute atomic E-state index is 0.0833. The first kappa shape index (κ1) is 18.7. The number of nitrogens with two attached hydrogens (primary N) is 1. The van der Waals surface area contributed by atoms with Crippen LogP contribution < -0.4 is 5.73 Å². The van der Waals surface area contributed by atoms with Gasteiger partial charge in [-0.1, -0.05) is 44.2 Å². The largest absolute Gasteiger partial charge is 0.399 e. The van der Waals surface area contributed by atoms with E-state index in [1.807, 2.05) is 25.3 Å². The fraction of sp³-hybridized carbons (Fsp3) is 0.409. The molecule has 1 aliphatic heterocycles. The zero-order valence-electron chi connectivity index (χ0n) is 15.9. The van der Waals surface area contributed by atoms with Gasteiger partial charge in [-0.3, -0.25) is 0 Å². The summed E-state index contributed by atoms with van der Waals surface area (Å²) in [7, 11) is 2.00. The van der Waals surface area contributed by atoms with Crippen molar-refractivity contribution in [3.8, 4) is 18.2 Å². The molecule has 136 valence electrons. The summed E-state index contributed by atoms with van der Waals surface area (Å²) >= 11 is 0. The minimum atomic E-state index is -1.55. The maximum Gasteiger partial charge on any atom is 0.191 e. The average Bonchev–Trinajstić information content (AvgIpc) is 2.67. The molecule has 1 unspecified atom stereocenters. The van der Waals surface area contributed by atoms with E-state index >= 15 is 0 Å². The maximum atomic E-state index is 10.0. The van der Waals surface area contributed by atoms with Crippen LogP contribution in [0.5, 0.6) is 0 Å². The predicted octanol–water partition coefficient (Wildman–Crippen LogP) is 3.17. The van der Waals surface area contributed by atoms with E-state index in [4.69, 9.17) is 5.73 Å². The number of rotatable bonds is 2. The molecule has 0 aromatic heterocycles. The Labute approximate surface area is 160 Å². The Kier molecular flexibility index (Phi) is 4.79. The zero-order valence-corrected chi connectivity index (χ0v) is 15.9. The van der Waals surface area contributed by atoms with Crippen LogP contribution in [0.2, 0.25) is 0 Å². The monoisotopic (exact) mass is 357 g/mol. The van der Waals surface area contributed by atoms with Gasteiger partial charge in [0.05, 0.1) is 23.4 Å². The summed E-state index contributed by atoms with van der Waals surface area (Å²) in [4.78, 5) is 2.14. The van der Waals surface area contributed by atoms with E-state index in [-0.39, 0.29) is 11.6 Å². The molecule has 2 aliphatic rings. The SMILES string of the molecule is CC(C)c1ccc(C2[C@H]3CN(C)CC=C3C(C#N)=C(N)C2(C#N)C#N)cc1. The summed E-state index contributed by atoms with van der Waals surface area (Å²) in [6.45, 7) is 5.64. The lowest BCUT2D eigenvalue weighted by molar-refractivity contribution is 0.237. The van der Waals surface area contributed by atoms with Crippen LogP contribution >= 0.6 is 0 Å². The Morgan fingerprint density at radius 3 is 2.30 bits per heavy atom. The van der Waals surface area contributed by atoms with Crippen molar-refractivity contribution >= 4 is 0 Å². The van der Waals surface area contributed by atoms with Crippen molar-refractivity contribution in [2.45, 2.75) is 25.7 Å². The molecule has 5 heteroatoms. The van der Waals surface area contributed by atoms with Crippen molar-refractivity contribution in [3.63, 3.8) is 0 Å². The van der Waals surface area contributed by atoms with Crippen LogP contribution in [0.25, 0.3) is 0 Å². The fourth-order valence-electron chi connectivity index (χ4n) is 4.29. The number of allylic oxidation sites excluding steroid dienone is 2. The maximum absolute atomic E-state index is 10.0. The Balaban J connectivity index is 2.26. The van der Waals surface area contributed by atoms with E-state index < -0.39 is 11.3 Å². The lowest BCUT2D eigenvalue weighted by Crippen LogP contribution is -2.47. The second-order valence-electron chi connectivity index (χ2n) is 7.72. The number of likely N-dealkylation sites (N-methyl/N-ethyl adjacent to an activating group) is 1. The van der Waals surface area contributed by atoms with Gasteiger partial charge >= 0.3 is 0 Å². The van der Waals surface area contributed by atoms with E-state index in [9.17, 15) is 15.8 Å². The third-order valence-corrected chi connectivity index (χ3v) is 5.81. The van der Waals surface area contributed by atoms with Crippen LogP contribution in [0, 0.1) is 45.3 Å². The molecule has 0 spiro atoms. The van der Waals surface area contributed by atoms with Crippen LogP contribution in [-0.4, -0.2) is 25.0 Å². The predicted molar refractivity (Wildman–Crippen MR) is 103 cm³/mol. The first-order chi connectivity index (χ1) is 12.9. The first-order valence-electron chi connectivity index (χ1n) is 9.11. The summed E-state index contributed by atoms with van der Waals surface area (Å²) in [5, 5.41) is 29.7. The van der Waals surface area contributed by atoms with Gasteiger partial charge < -0.3 is 10.6 Å². The molecule has 2 N–H and O–H groups in total. The third kappa shape index (κ3) is 2.80. The molecule has 1 aromatic rings. The number of hydrogen-bond acceptors (Lipinski definition) is 5. The van der Waals surface area contributed by atoms with E-state index in [1.165, 1.54) is 5.56 Å². The molecule has 0 fully saturated rings. The molecule has 0 saturated carbocycles. The van der Waals surface area contributed by atoms with Crippen molar-refractivity contribution in [1.29, 1.82) is 15.8 Å². The molecule has 0 saturated heterocycles. The summed E-state index contributed by atoms with van der Waals surface area (Å²) in [5.74, 6) is -0.150. The molecule has 5 nitrogen and oxygen atoms in total. The summed E-state index contributed by atoms with van der Waals surface area (Å²) < 4.78 is 0. The molecule has 1 aromatic carbocycles. The summed E-state index contributed by atoms with van der Waals surface area (Å²) in [5.41, 5.74) is 8.10. The molecule has 1 aliphatic carbocycles. The quantitative estimate of drug-likeness (QED) is 0.876. The van der Waals surface area contributed by atoms with Crippen molar-refractivity contribution in [1.82, 2.24) is 4.90 Å². The van der Waals surface area contributed by atoms with Crippen molar-refractivity contribution in [2.24, 2.45) is 17.1 Å². The Morgan fingerprint density at radius 2 is 1.78 bits per heavy atom. The minimum Gasteiger partial charge on any atom is -0.399 e. The molecular formula is C22H23N5. The van der Waals surface area contributed by atoms with Gasteiger partial charge in [-0.2, -0.15) is 15.8 Å². The van der Waals surface area contributed by atoms with Crippen LogP contribution in [0.3, 0.4) is 0 Å². The second kappa shape index (κ2) is 6.92. The van der Waals surface area contributed by atoms with Gasteiger partial charge in [-0.25, -0.2) is 0 Å². The smallest absolute Gasteiger partial charge is 0.191 e. The van der Waals surface area contributed by atoms with Crippen LogP contribution in [0.4, 0.5) is 0 Å². The van der Waals surface area contributed by atoms with Crippen LogP contribution in [0.15, 0.2) is 47.2 Å². The average molecular weight is 357 g/mol. The van der Waals surface area contributed by atoms with Crippen LogP contribution in [-0.2, 0) is 0 Å². The molecule has 0 amide bonds. The molecule has 1 heterocycles. The first-order valence-corrected chi connectivity index (χ1v) is 9.11. The molecule has 2 atom stereocenters. The molecule has 0 bridgehead atoms. The highest BCUT2D eigenvalue weighted by molar-refractivity contribution is 5.59. The van der Waals surface area contributed by atoms with E-state index in [1.54, 1.807) is 0 Å². The molecule has 27 heavy (non-hydrogen) atoms. The third-order valence-electron chi connectivity index (χ3n) is 5.81. The Morgan fingerprint density at radius 1 is 1.15 bits per heavy atom. The summed E-state index contributed by atoms with van der Waals surface area (Å²) in [6.07, 6.45) is 2.01. The van der Waals surface area contributed by atoms with E-state index in [0.717, 1.165) is 17.7 Å². The lowest BCUT2D eigenvalue weighted by atomic mass is 9.58. The lowest BCUT2D eigenvalue weighted by Gasteiger charge is -2.45. The zero-order chi connectivity index (χ0) is 19.8. The number of fused-ring (bicyclic) bond motifs is 1. The van der Waals surface area contributed by atoms with Crippen LogP contribution in [0.1, 0.15) is 36.8 Å². The van der Waals surface area contributed by atoms with Gasteiger partial charge in [0.25, 0.3) is 0 Å². The normalized spacial score (nSPS) is 24.4. The van der Waals surface area contributed by atoms with Crippen molar-refractivity contribution in [2.75, 3.05) is 20.1 Å². The number of hydrogen-bond donors (Lipinski definition) is 1. The van der Waals surface area contributed by atoms with Gasteiger partial charge in [0.1, 0.15) is 6.07 Å². The molecule has 0 radical (unpaired) electrons. The van der Waals surface area contributed by atoms with Gasteiger partial charge in [0.15, 0.2) is 5.41 Å². The van der Waals surface area contributed by atoms with E-state index in [2.05, 4.69) is 49.1 Å². The fourth-order valence-corrected chi connectivity index (χ4v) is 4.29. The Hall–Kier alpha value is -3.07. The van der Waals surface area contributed by atoms with Gasteiger partial charge in [0, 0.05) is 24.9 Å². The van der Waals surface area contributed by atoms with Gasteiger partial charge in [-0.05, 0) is 29.7 Å².